The Bertz CT molecular complexity index is 112. The first-order chi connectivity index (χ1) is 6.54. The number of hydrogen-bond donors (Lipinski definition) is 0. The van der Waals surface area contributed by atoms with E-state index in [1.807, 2.05) is 0 Å². The molecule has 2 unspecified atom stereocenters. The lowest BCUT2D eigenvalue weighted by atomic mass is 10.1. The zero-order valence-electron chi connectivity index (χ0n) is 9.89. The second-order valence-corrected chi connectivity index (χ2v) is 3.36. The quantitative estimate of drug-likeness (QED) is 0.693. The van der Waals surface area contributed by atoms with Gasteiger partial charge < -0.3 is 9.64 Å². The molecule has 0 aromatic heterocycles. The van der Waals surface area contributed by atoms with Crippen LogP contribution >= 0.6 is 0 Å². The number of likely N-dealkylation sites (N-methyl/N-ethyl adjacent to an activating group) is 1. The van der Waals surface area contributed by atoms with Gasteiger partial charge in [-0.05, 0) is 27.4 Å². The Morgan fingerprint density at radius 2 is 1.71 bits per heavy atom. The molecule has 2 nitrogen and oxygen atoms in total. The van der Waals surface area contributed by atoms with E-state index in [1.54, 1.807) is 7.11 Å². The molecule has 0 aromatic rings. The Morgan fingerprint density at radius 3 is 1.93 bits per heavy atom. The molecule has 0 aliphatic carbocycles. The number of halogens is 2. The van der Waals surface area contributed by atoms with Crippen LogP contribution in [0.25, 0.3) is 0 Å². The molecule has 2 atom stereocenters. The van der Waals surface area contributed by atoms with Crippen molar-refractivity contribution in [2.24, 2.45) is 0 Å². The SMILES string of the molecule is CCCC(C(C)OC)N(C)C.FCF. The maximum absolute atomic E-state index is 9.62. The Balaban J connectivity index is 0. The van der Waals surface area contributed by atoms with E-state index in [2.05, 4.69) is 32.8 Å². The molecular weight excluding hydrogens is 188 g/mol. The minimum atomic E-state index is -1.75. The van der Waals surface area contributed by atoms with Gasteiger partial charge in [0.15, 0.2) is 0 Å². The first-order valence-electron chi connectivity index (χ1n) is 4.86. The summed E-state index contributed by atoms with van der Waals surface area (Å²) in [4.78, 5) is 2.23. The highest BCUT2D eigenvalue weighted by molar-refractivity contribution is 4.72. The summed E-state index contributed by atoms with van der Waals surface area (Å²) in [5.41, 5.74) is 0. The van der Waals surface area contributed by atoms with Gasteiger partial charge in [-0.1, -0.05) is 13.3 Å². The van der Waals surface area contributed by atoms with Crippen molar-refractivity contribution in [3.8, 4) is 0 Å². The van der Waals surface area contributed by atoms with E-state index in [1.165, 1.54) is 12.8 Å². The van der Waals surface area contributed by atoms with Crippen LogP contribution in [0.2, 0.25) is 0 Å². The summed E-state index contributed by atoms with van der Waals surface area (Å²) in [5.74, 6) is 0. The van der Waals surface area contributed by atoms with E-state index < -0.39 is 6.93 Å². The summed E-state index contributed by atoms with van der Waals surface area (Å²) < 4.78 is 24.5. The standard InChI is InChI=1S/C9H21NO.CH2F2/c1-6-7-9(10(3)4)8(2)11-5;2-1-3/h8-9H,6-7H2,1-5H3;1H2. The topological polar surface area (TPSA) is 12.5 Å². The lowest BCUT2D eigenvalue weighted by Gasteiger charge is -2.28. The maximum Gasteiger partial charge on any atom is 0.229 e. The van der Waals surface area contributed by atoms with Gasteiger partial charge in [0, 0.05) is 13.2 Å². The van der Waals surface area contributed by atoms with Crippen molar-refractivity contribution in [2.75, 3.05) is 28.1 Å². The van der Waals surface area contributed by atoms with Crippen LogP contribution in [0.15, 0.2) is 0 Å². The van der Waals surface area contributed by atoms with Gasteiger partial charge in [-0.2, -0.15) is 0 Å². The smallest absolute Gasteiger partial charge is 0.229 e. The lowest BCUT2D eigenvalue weighted by molar-refractivity contribution is 0.0414. The Hall–Kier alpha value is -0.220. The minimum absolute atomic E-state index is 0.338. The summed E-state index contributed by atoms with van der Waals surface area (Å²) in [5, 5.41) is 0. The highest BCUT2D eigenvalue weighted by atomic mass is 19.3. The van der Waals surface area contributed by atoms with Crippen molar-refractivity contribution in [1.82, 2.24) is 4.90 Å². The highest BCUT2D eigenvalue weighted by Gasteiger charge is 2.17. The molecule has 0 radical (unpaired) electrons. The van der Waals surface area contributed by atoms with E-state index in [4.69, 9.17) is 4.74 Å². The van der Waals surface area contributed by atoms with Gasteiger partial charge in [-0.15, -0.1) is 0 Å². The monoisotopic (exact) mass is 211 g/mol. The fourth-order valence-corrected chi connectivity index (χ4v) is 1.37. The molecule has 0 aliphatic heterocycles. The van der Waals surface area contributed by atoms with Gasteiger partial charge in [-0.25, -0.2) is 8.78 Å². The predicted molar refractivity (Wildman–Crippen MR) is 55.9 cm³/mol. The van der Waals surface area contributed by atoms with Crippen LogP contribution in [0.4, 0.5) is 8.78 Å². The second kappa shape index (κ2) is 10.9. The fraction of sp³-hybridized carbons (Fsp3) is 1.00. The summed E-state index contributed by atoms with van der Waals surface area (Å²) in [6.07, 6.45) is 2.77. The van der Waals surface area contributed by atoms with Gasteiger partial charge in [0.05, 0.1) is 6.10 Å². The van der Waals surface area contributed by atoms with Gasteiger partial charge in [0.25, 0.3) is 0 Å². The van der Waals surface area contributed by atoms with Gasteiger partial charge in [-0.3, -0.25) is 0 Å². The third-order valence-electron chi connectivity index (χ3n) is 2.16. The van der Waals surface area contributed by atoms with E-state index in [0.29, 0.717) is 12.1 Å². The van der Waals surface area contributed by atoms with E-state index >= 15 is 0 Å². The summed E-state index contributed by atoms with van der Waals surface area (Å²) >= 11 is 0. The van der Waals surface area contributed by atoms with E-state index in [0.717, 1.165) is 0 Å². The number of methoxy groups -OCH3 is 1. The largest absolute Gasteiger partial charge is 0.380 e. The molecule has 0 saturated carbocycles. The van der Waals surface area contributed by atoms with Gasteiger partial charge >= 0.3 is 0 Å². The molecule has 0 heterocycles. The minimum Gasteiger partial charge on any atom is -0.380 e. The van der Waals surface area contributed by atoms with Crippen LogP contribution < -0.4 is 0 Å². The fourth-order valence-electron chi connectivity index (χ4n) is 1.37. The van der Waals surface area contributed by atoms with Crippen molar-refractivity contribution in [3.63, 3.8) is 0 Å². The van der Waals surface area contributed by atoms with Crippen LogP contribution in [0, 0.1) is 0 Å². The first-order valence-corrected chi connectivity index (χ1v) is 4.86. The number of hydrogen-bond acceptors (Lipinski definition) is 2. The molecule has 0 aliphatic rings. The number of ether oxygens (including phenoxy) is 1. The van der Waals surface area contributed by atoms with Crippen molar-refractivity contribution < 1.29 is 13.5 Å². The maximum atomic E-state index is 9.62. The van der Waals surface area contributed by atoms with Gasteiger partial charge in [0.1, 0.15) is 0 Å². The van der Waals surface area contributed by atoms with E-state index in [-0.39, 0.29) is 0 Å². The number of rotatable bonds is 5. The normalized spacial score (nSPS) is 14.6. The predicted octanol–water partition coefficient (Wildman–Crippen LogP) is 2.63. The summed E-state index contributed by atoms with van der Waals surface area (Å²) in [6, 6.07) is 0.560. The zero-order chi connectivity index (χ0) is 11.6. The molecule has 0 rings (SSSR count). The molecular formula is C10H23F2NO. The van der Waals surface area contributed by atoms with Crippen molar-refractivity contribution in [1.29, 1.82) is 0 Å². The number of nitrogens with zero attached hydrogens (tertiary/aromatic N) is 1. The van der Waals surface area contributed by atoms with Crippen LogP contribution in [0.3, 0.4) is 0 Å². The van der Waals surface area contributed by atoms with Crippen LogP contribution in [-0.2, 0) is 4.74 Å². The molecule has 0 fully saturated rings. The Kier molecular flexibility index (Phi) is 12.6. The lowest BCUT2D eigenvalue weighted by Crippen LogP contribution is -2.38. The Morgan fingerprint density at radius 1 is 1.29 bits per heavy atom. The number of alkyl halides is 2. The summed E-state index contributed by atoms with van der Waals surface area (Å²) in [6.45, 7) is 2.58. The third-order valence-corrected chi connectivity index (χ3v) is 2.16. The molecule has 0 spiro atoms. The first kappa shape index (κ1) is 16.2. The van der Waals surface area contributed by atoms with Crippen LogP contribution in [0.5, 0.6) is 0 Å². The molecule has 0 aromatic carbocycles. The molecule has 0 N–H and O–H groups in total. The third kappa shape index (κ3) is 8.38. The van der Waals surface area contributed by atoms with E-state index in [9.17, 15) is 8.78 Å². The molecule has 0 saturated heterocycles. The molecule has 4 heteroatoms. The highest BCUT2D eigenvalue weighted by Crippen LogP contribution is 2.09. The van der Waals surface area contributed by atoms with Crippen LogP contribution in [-0.4, -0.2) is 45.2 Å². The Labute approximate surface area is 86.2 Å². The molecule has 88 valence electrons. The molecule has 0 bridgehead atoms. The van der Waals surface area contributed by atoms with Crippen molar-refractivity contribution in [3.05, 3.63) is 0 Å². The molecule has 14 heavy (non-hydrogen) atoms. The average molecular weight is 211 g/mol. The zero-order valence-corrected chi connectivity index (χ0v) is 9.89. The van der Waals surface area contributed by atoms with Gasteiger partial charge in [0.2, 0.25) is 6.93 Å². The molecule has 0 amide bonds. The summed E-state index contributed by atoms with van der Waals surface area (Å²) in [7, 11) is 5.99. The second-order valence-electron chi connectivity index (χ2n) is 3.36. The van der Waals surface area contributed by atoms with Crippen LogP contribution in [0.1, 0.15) is 26.7 Å². The van der Waals surface area contributed by atoms with Crippen molar-refractivity contribution in [2.45, 2.75) is 38.8 Å². The average Bonchev–Trinajstić information content (AvgIpc) is 2.14. The van der Waals surface area contributed by atoms with Crippen molar-refractivity contribution >= 4 is 0 Å².